The number of carbonyl (C=O) groups excluding carboxylic acids is 1. The summed E-state index contributed by atoms with van der Waals surface area (Å²) in [4.78, 5) is 12.0. The van der Waals surface area contributed by atoms with E-state index < -0.39 is 0 Å². The quantitative estimate of drug-likeness (QED) is 0.698. The molecule has 1 amide bonds. The van der Waals surface area contributed by atoms with E-state index in [9.17, 15) is 4.79 Å². The first-order valence-electron chi connectivity index (χ1n) is 5.13. The second-order valence-corrected chi connectivity index (χ2v) is 4.90. The van der Waals surface area contributed by atoms with Crippen LogP contribution in [0.3, 0.4) is 0 Å². The number of hydrogen-bond acceptors (Lipinski definition) is 3. The Morgan fingerprint density at radius 3 is 2.63 bits per heavy atom. The number of hydrogen-bond donors (Lipinski definition) is 1. The highest BCUT2D eigenvalue weighted by Gasteiger charge is 2.16. The number of nitrogens with zero attached hydrogens (tertiary/aromatic N) is 3. The summed E-state index contributed by atoms with van der Waals surface area (Å²) in [7, 11) is 1.57. The van der Waals surface area contributed by atoms with E-state index in [-0.39, 0.29) is 15.9 Å². The van der Waals surface area contributed by atoms with Gasteiger partial charge in [-0.1, -0.05) is 34.8 Å². The van der Waals surface area contributed by atoms with Crippen molar-refractivity contribution in [2.24, 2.45) is 0 Å². The number of carbonyl (C=O) groups is 1. The molecule has 0 radical (unpaired) electrons. The Kier molecular flexibility index (Phi) is 3.89. The van der Waals surface area contributed by atoms with Crippen LogP contribution in [0.25, 0.3) is 5.69 Å². The zero-order valence-corrected chi connectivity index (χ0v) is 12.0. The fraction of sp³-hybridized carbons (Fsp3) is 0.0909. The summed E-state index contributed by atoms with van der Waals surface area (Å²) < 4.78 is 1.39. The van der Waals surface area contributed by atoms with Gasteiger partial charge in [0.05, 0.1) is 27.0 Å². The van der Waals surface area contributed by atoms with Gasteiger partial charge in [-0.3, -0.25) is 4.79 Å². The monoisotopic (exact) mass is 318 g/mol. The molecule has 0 aliphatic carbocycles. The molecule has 0 saturated carbocycles. The number of nitrogens with two attached hydrogens (primary N) is 1. The van der Waals surface area contributed by atoms with Crippen molar-refractivity contribution in [3.8, 4) is 5.69 Å². The maximum atomic E-state index is 10.7. The van der Waals surface area contributed by atoms with Crippen LogP contribution >= 0.6 is 34.8 Å². The lowest BCUT2D eigenvalue weighted by Crippen LogP contribution is -2.15. The molecule has 19 heavy (non-hydrogen) atoms. The highest BCUT2D eigenvalue weighted by atomic mass is 35.5. The lowest BCUT2D eigenvalue weighted by Gasteiger charge is -2.11. The van der Waals surface area contributed by atoms with E-state index in [1.54, 1.807) is 19.2 Å². The topological polar surface area (TPSA) is 64.2 Å². The van der Waals surface area contributed by atoms with Crippen LogP contribution < -0.4 is 10.6 Å². The van der Waals surface area contributed by atoms with Gasteiger partial charge < -0.3 is 10.6 Å². The zero-order valence-electron chi connectivity index (χ0n) is 9.77. The smallest absolute Gasteiger partial charge is 0.214 e. The maximum Gasteiger partial charge on any atom is 0.214 e. The fourth-order valence-electron chi connectivity index (χ4n) is 1.55. The van der Waals surface area contributed by atoms with E-state index in [0.717, 1.165) is 0 Å². The first-order chi connectivity index (χ1) is 8.97. The van der Waals surface area contributed by atoms with Gasteiger partial charge in [0.1, 0.15) is 5.69 Å². The van der Waals surface area contributed by atoms with E-state index in [0.29, 0.717) is 22.8 Å². The Bertz CT molecular complexity index is 641. The number of rotatable bonds is 3. The van der Waals surface area contributed by atoms with Crippen LogP contribution in [-0.2, 0) is 4.79 Å². The summed E-state index contributed by atoms with van der Waals surface area (Å²) in [5.41, 5.74) is 6.89. The Labute approximate surface area is 124 Å². The van der Waals surface area contributed by atoms with Crippen LogP contribution in [0.2, 0.25) is 15.1 Å². The predicted octanol–water partition coefficient (Wildman–Crippen LogP) is 3.01. The Morgan fingerprint density at radius 2 is 2.00 bits per heavy atom. The van der Waals surface area contributed by atoms with Crippen molar-refractivity contribution in [1.29, 1.82) is 0 Å². The van der Waals surface area contributed by atoms with Gasteiger partial charge in [-0.15, -0.1) is 0 Å². The van der Waals surface area contributed by atoms with Gasteiger partial charge in [-0.2, -0.15) is 5.10 Å². The van der Waals surface area contributed by atoms with Crippen molar-refractivity contribution in [1.82, 2.24) is 9.78 Å². The van der Waals surface area contributed by atoms with E-state index in [4.69, 9.17) is 40.5 Å². The van der Waals surface area contributed by atoms with Crippen LogP contribution in [0.1, 0.15) is 0 Å². The number of halogens is 3. The van der Waals surface area contributed by atoms with Gasteiger partial charge in [0.2, 0.25) is 6.41 Å². The van der Waals surface area contributed by atoms with Gasteiger partial charge >= 0.3 is 0 Å². The molecule has 0 aliphatic heterocycles. The fourth-order valence-corrected chi connectivity index (χ4v) is 2.16. The average molecular weight is 320 g/mol. The highest BCUT2D eigenvalue weighted by Crippen LogP contribution is 2.36. The van der Waals surface area contributed by atoms with Crippen molar-refractivity contribution >= 4 is 52.7 Å². The molecule has 1 aromatic carbocycles. The minimum Gasteiger partial charge on any atom is -0.382 e. The van der Waals surface area contributed by atoms with Gasteiger partial charge in [-0.25, -0.2) is 4.68 Å². The zero-order chi connectivity index (χ0) is 14.2. The highest BCUT2D eigenvalue weighted by molar-refractivity contribution is 6.48. The molecule has 2 rings (SSSR count). The van der Waals surface area contributed by atoms with Crippen molar-refractivity contribution in [2.75, 3.05) is 17.7 Å². The lowest BCUT2D eigenvalue weighted by atomic mass is 10.3. The summed E-state index contributed by atoms with van der Waals surface area (Å²) in [5.74, 6) is 0.273. The van der Waals surface area contributed by atoms with Crippen LogP contribution in [0, 0.1) is 0 Å². The number of amides is 1. The van der Waals surface area contributed by atoms with Gasteiger partial charge in [0, 0.05) is 7.05 Å². The summed E-state index contributed by atoms with van der Waals surface area (Å²) >= 11 is 17.9. The van der Waals surface area contributed by atoms with E-state index >= 15 is 0 Å². The molecule has 5 nitrogen and oxygen atoms in total. The van der Waals surface area contributed by atoms with Crippen LogP contribution in [0.5, 0.6) is 0 Å². The van der Waals surface area contributed by atoms with E-state index in [1.165, 1.54) is 15.8 Å². The molecule has 0 bridgehead atoms. The summed E-state index contributed by atoms with van der Waals surface area (Å²) in [6.45, 7) is 0. The molecule has 0 unspecified atom stereocenters. The molecule has 0 spiro atoms. The minimum absolute atomic E-state index is 0.223. The molecule has 0 aliphatic rings. The second-order valence-electron chi connectivity index (χ2n) is 3.74. The largest absolute Gasteiger partial charge is 0.382 e. The minimum atomic E-state index is 0.223. The van der Waals surface area contributed by atoms with Crippen LogP contribution in [0.4, 0.5) is 11.5 Å². The lowest BCUT2D eigenvalue weighted by molar-refractivity contribution is -0.107. The third-order valence-electron chi connectivity index (χ3n) is 2.57. The van der Waals surface area contributed by atoms with Gasteiger partial charge in [-0.05, 0) is 12.1 Å². The molecule has 1 aromatic heterocycles. The number of anilines is 2. The van der Waals surface area contributed by atoms with Crippen LogP contribution in [0.15, 0.2) is 18.3 Å². The average Bonchev–Trinajstić information content (AvgIpc) is 2.77. The number of aromatic nitrogens is 2. The Morgan fingerprint density at radius 1 is 1.32 bits per heavy atom. The van der Waals surface area contributed by atoms with E-state index in [1.807, 2.05) is 0 Å². The Hall–Kier alpha value is -1.43. The molecule has 100 valence electrons. The van der Waals surface area contributed by atoms with Crippen molar-refractivity contribution in [3.63, 3.8) is 0 Å². The third kappa shape index (κ3) is 2.36. The number of nitrogen functional groups attached to an aromatic ring is 1. The molecule has 0 fully saturated rings. The molecule has 0 atom stereocenters. The maximum absolute atomic E-state index is 10.7. The first kappa shape index (κ1) is 14.0. The molecular formula is C11H9Cl3N4O. The van der Waals surface area contributed by atoms with Crippen LogP contribution in [-0.4, -0.2) is 23.2 Å². The molecule has 2 aromatic rings. The van der Waals surface area contributed by atoms with Crippen molar-refractivity contribution < 1.29 is 4.79 Å². The SMILES string of the molecule is CN(C=O)c1cnn(-c2ccc(Cl)c(Cl)c2Cl)c1N. The standard InChI is InChI=1S/C11H9Cl3N4O/c1-17(5-19)8-4-16-18(11(8)15)7-3-2-6(12)9(13)10(7)14/h2-5H,15H2,1H3. The first-order valence-corrected chi connectivity index (χ1v) is 6.26. The summed E-state index contributed by atoms with van der Waals surface area (Å²) in [6, 6.07) is 3.24. The molecular weight excluding hydrogens is 311 g/mol. The van der Waals surface area contributed by atoms with Gasteiger partial charge in [0.25, 0.3) is 0 Å². The number of benzene rings is 1. The van der Waals surface area contributed by atoms with Gasteiger partial charge in [0.15, 0.2) is 5.82 Å². The van der Waals surface area contributed by atoms with E-state index in [2.05, 4.69) is 5.10 Å². The molecule has 1 heterocycles. The molecule has 2 N–H and O–H groups in total. The van der Waals surface area contributed by atoms with Crippen molar-refractivity contribution in [3.05, 3.63) is 33.4 Å². The summed E-state index contributed by atoms with van der Waals surface area (Å²) in [6.07, 6.45) is 2.09. The Balaban J connectivity index is 2.58. The molecule has 0 saturated heterocycles. The predicted molar refractivity (Wildman–Crippen MR) is 77.5 cm³/mol. The van der Waals surface area contributed by atoms with Crippen molar-refractivity contribution in [2.45, 2.75) is 0 Å². The third-order valence-corrected chi connectivity index (χ3v) is 3.85. The summed E-state index contributed by atoms with van der Waals surface area (Å²) in [5, 5.41) is 4.89. The molecule has 8 heteroatoms. The normalized spacial score (nSPS) is 10.5. The second kappa shape index (κ2) is 5.28.